The molecule has 5 heteroatoms. The molecule has 2 aromatic rings. The molecular weight excluding hydrogens is 252 g/mol. The van der Waals surface area contributed by atoms with E-state index in [9.17, 15) is 0 Å². The van der Waals surface area contributed by atoms with Gasteiger partial charge in [0.05, 0.1) is 23.7 Å². The van der Waals surface area contributed by atoms with Gasteiger partial charge in [-0.2, -0.15) is 0 Å². The van der Waals surface area contributed by atoms with E-state index < -0.39 is 0 Å². The van der Waals surface area contributed by atoms with Gasteiger partial charge < -0.3 is 15.5 Å². The molecular formula is C15H22N4O. The van der Waals surface area contributed by atoms with Crippen LogP contribution in [0.15, 0.2) is 18.2 Å². The number of ether oxygens (including phenoxy) is 1. The number of likely N-dealkylation sites (N-methyl/N-ethyl adjacent to an activating group) is 1. The number of anilines is 1. The number of nitrogens with zero attached hydrogens (tertiary/aromatic N) is 2. The van der Waals surface area contributed by atoms with Gasteiger partial charge in [-0.1, -0.05) is 6.92 Å². The third-order valence-electron chi connectivity index (χ3n) is 3.86. The van der Waals surface area contributed by atoms with Gasteiger partial charge in [0.1, 0.15) is 5.82 Å². The molecule has 1 aromatic heterocycles. The van der Waals surface area contributed by atoms with Crippen LogP contribution in [-0.4, -0.2) is 40.7 Å². The van der Waals surface area contributed by atoms with Crippen LogP contribution in [0.25, 0.3) is 11.0 Å². The highest BCUT2D eigenvalue weighted by Gasteiger charge is 2.19. The predicted molar refractivity (Wildman–Crippen MR) is 80.4 cm³/mol. The summed E-state index contributed by atoms with van der Waals surface area (Å²) in [4.78, 5) is 10.3. The first-order valence-electron chi connectivity index (χ1n) is 7.32. The molecule has 0 bridgehead atoms. The van der Waals surface area contributed by atoms with Crippen molar-refractivity contribution in [3.05, 3.63) is 24.0 Å². The van der Waals surface area contributed by atoms with Crippen molar-refractivity contribution in [2.24, 2.45) is 0 Å². The molecule has 0 spiro atoms. The molecule has 1 aromatic carbocycles. The van der Waals surface area contributed by atoms with E-state index in [0.717, 1.165) is 48.8 Å². The Bertz CT molecular complexity index is 574. The van der Waals surface area contributed by atoms with E-state index in [1.807, 2.05) is 18.2 Å². The number of H-pyrrole nitrogens is 1. The van der Waals surface area contributed by atoms with E-state index in [4.69, 9.17) is 10.5 Å². The van der Waals surface area contributed by atoms with Crippen molar-refractivity contribution in [2.45, 2.75) is 32.4 Å². The highest BCUT2D eigenvalue weighted by Crippen LogP contribution is 2.17. The number of fused-ring (bicyclic) bond motifs is 1. The second-order valence-electron chi connectivity index (χ2n) is 5.42. The Morgan fingerprint density at radius 1 is 1.50 bits per heavy atom. The molecule has 1 fully saturated rings. The van der Waals surface area contributed by atoms with Crippen LogP contribution in [0.2, 0.25) is 0 Å². The Balaban J connectivity index is 1.69. The first-order valence-corrected chi connectivity index (χ1v) is 7.32. The smallest absolute Gasteiger partial charge is 0.121 e. The molecule has 1 saturated heterocycles. The lowest BCUT2D eigenvalue weighted by molar-refractivity contribution is 0.0718. The number of rotatable bonds is 5. The van der Waals surface area contributed by atoms with Gasteiger partial charge in [0.25, 0.3) is 0 Å². The molecule has 1 aliphatic heterocycles. The van der Waals surface area contributed by atoms with Crippen molar-refractivity contribution in [2.75, 3.05) is 25.4 Å². The summed E-state index contributed by atoms with van der Waals surface area (Å²) in [5.74, 6) is 0.991. The number of imidazole rings is 1. The maximum atomic E-state index is 5.79. The second kappa shape index (κ2) is 5.81. The van der Waals surface area contributed by atoms with Crippen molar-refractivity contribution >= 4 is 16.7 Å². The molecule has 3 rings (SSSR count). The van der Waals surface area contributed by atoms with Crippen LogP contribution in [0.3, 0.4) is 0 Å². The Kier molecular flexibility index (Phi) is 3.89. The van der Waals surface area contributed by atoms with E-state index in [1.165, 1.54) is 12.8 Å². The van der Waals surface area contributed by atoms with E-state index in [1.54, 1.807) is 0 Å². The summed E-state index contributed by atoms with van der Waals surface area (Å²) < 4.78 is 5.71. The van der Waals surface area contributed by atoms with Gasteiger partial charge >= 0.3 is 0 Å². The van der Waals surface area contributed by atoms with Gasteiger partial charge in [0.15, 0.2) is 0 Å². The predicted octanol–water partition coefficient (Wildman–Crippen LogP) is 2.15. The largest absolute Gasteiger partial charge is 0.399 e. The second-order valence-corrected chi connectivity index (χ2v) is 5.42. The molecule has 5 nitrogen and oxygen atoms in total. The minimum absolute atomic E-state index is 0.384. The number of nitrogens with two attached hydrogens (primary N) is 1. The summed E-state index contributed by atoms with van der Waals surface area (Å²) in [6.45, 7) is 5.89. The molecule has 0 saturated carbocycles. The number of benzene rings is 1. The standard InChI is InChI=1S/C15H22N4O/c1-2-19(9-12-4-3-7-20-12)10-15-17-13-6-5-11(16)8-14(13)18-15/h5-6,8,12H,2-4,7,9-10,16H2,1H3,(H,17,18). The fourth-order valence-corrected chi connectivity index (χ4v) is 2.75. The molecule has 0 amide bonds. The molecule has 3 N–H and O–H groups in total. The average Bonchev–Trinajstić information content (AvgIpc) is 3.06. The minimum Gasteiger partial charge on any atom is -0.399 e. The zero-order valence-electron chi connectivity index (χ0n) is 11.9. The molecule has 0 radical (unpaired) electrons. The number of aromatic amines is 1. The summed E-state index contributed by atoms with van der Waals surface area (Å²) in [7, 11) is 0. The van der Waals surface area contributed by atoms with Crippen molar-refractivity contribution in [3.8, 4) is 0 Å². The monoisotopic (exact) mass is 274 g/mol. The van der Waals surface area contributed by atoms with Crippen LogP contribution >= 0.6 is 0 Å². The Hall–Kier alpha value is -1.59. The van der Waals surface area contributed by atoms with E-state index in [0.29, 0.717) is 6.10 Å². The topological polar surface area (TPSA) is 67.2 Å². The molecule has 108 valence electrons. The summed E-state index contributed by atoms with van der Waals surface area (Å²) in [5, 5.41) is 0. The normalized spacial score (nSPS) is 19.2. The molecule has 1 aliphatic rings. The lowest BCUT2D eigenvalue weighted by atomic mass is 10.2. The number of nitrogens with one attached hydrogen (secondary N) is 1. The van der Waals surface area contributed by atoms with E-state index in [-0.39, 0.29) is 0 Å². The quantitative estimate of drug-likeness (QED) is 0.820. The first kappa shape index (κ1) is 13.4. The van der Waals surface area contributed by atoms with Crippen LogP contribution in [0.4, 0.5) is 5.69 Å². The molecule has 1 unspecified atom stereocenters. The van der Waals surface area contributed by atoms with Crippen molar-refractivity contribution in [1.29, 1.82) is 0 Å². The zero-order valence-corrected chi connectivity index (χ0v) is 11.9. The third-order valence-corrected chi connectivity index (χ3v) is 3.86. The lowest BCUT2D eigenvalue weighted by Gasteiger charge is -2.22. The van der Waals surface area contributed by atoms with Gasteiger partial charge in [-0.05, 0) is 37.6 Å². The van der Waals surface area contributed by atoms with Gasteiger partial charge in [-0.3, -0.25) is 4.90 Å². The van der Waals surface area contributed by atoms with Gasteiger partial charge in [0, 0.05) is 18.8 Å². The first-order chi connectivity index (χ1) is 9.74. The van der Waals surface area contributed by atoms with E-state index >= 15 is 0 Å². The average molecular weight is 274 g/mol. The van der Waals surface area contributed by atoms with Crippen molar-refractivity contribution < 1.29 is 4.74 Å². The molecule has 20 heavy (non-hydrogen) atoms. The maximum absolute atomic E-state index is 5.79. The Labute approximate surface area is 119 Å². The van der Waals surface area contributed by atoms with Crippen LogP contribution in [-0.2, 0) is 11.3 Å². The zero-order chi connectivity index (χ0) is 13.9. The Morgan fingerprint density at radius 3 is 3.15 bits per heavy atom. The van der Waals surface area contributed by atoms with Gasteiger partial charge in [-0.25, -0.2) is 4.98 Å². The number of hydrogen-bond acceptors (Lipinski definition) is 4. The highest BCUT2D eigenvalue weighted by molar-refractivity contribution is 5.78. The van der Waals surface area contributed by atoms with Crippen LogP contribution in [0, 0.1) is 0 Å². The van der Waals surface area contributed by atoms with Crippen LogP contribution in [0.5, 0.6) is 0 Å². The SMILES string of the molecule is CCN(Cc1nc2ccc(N)cc2[nH]1)CC1CCCO1. The molecule has 1 atom stereocenters. The van der Waals surface area contributed by atoms with Crippen LogP contribution in [0.1, 0.15) is 25.6 Å². The summed E-state index contributed by atoms with van der Waals surface area (Å²) in [6.07, 6.45) is 2.74. The lowest BCUT2D eigenvalue weighted by Crippen LogP contribution is -2.32. The number of nitrogen functional groups attached to an aromatic ring is 1. The fourth-order valence-electron chi connectivity index (χ4n) is 2.75. The number of hydrogen-bond donors (Lipinski definition) is 2. The van der Waals surface area contributed by atoms with Gasteiger partial charge in [-0.15, -0.1) is 0 Å². The maximum Gasteiger partial charge on any atom is 0.121 e. The minimum atomic E-state index is 0.384. The Morgan fingerprint density at radius 2 is 2.40 bits per heavy atom. The summed E-state index contributed by atoms with van der Waals surface area (Å²) in [6, 6.07) is 5.78. The van der Waals surface area contributed by atoms with Gasteiger partial charge in [0.2, 0.25) is 0 Å². The molecule has 0 aliphatic carbocycles. The van der Waals surface area contributed by atoms with Crippen molar-refractivity contribution in [3.63, 3.8) is 0 Å². The fraction of sp³-hybridized carbons (Fsp3) is 0.533. The molecule has 2 heterocycles. The van der Waals surface area contributed by atoms with E-state index in [2.05, 4.69) is 21.8 Å². The van der Waals surface area contributed by atoms with Crippen LogP contribution < -0.4 is 5.73 Å². The summed E-state index contributed by atoms with van der Waals surface area (Å²) in [5.41, 5.74) is 8.54. The number of aromatic nitrogens is 2. The third kappa shape index (κ3) is 2.94. The van der Waals surface area contributed by atoms with Crippen molar-refractivity contribution in [1.82, 2.24) is 14.9 Å². The summed E-state index contributed by atoms with van der Waals surface area (Å²) >= 11 is 0. The highest BCUT2D eigenvalue weighted by atomic mass is 16.5.